The van der Waals surface area contributed by atoms with Gasteiger partial charge in [-0.15, -0.1) is 6.58 Å². The highest BCUT2D eigenvalue weighted by Crippen LogP contribution is 2.28. The van der Waals surface area contributed by atoms with Crippen molar-refractivity contribution >= 4 is 22.8 Å². The highest BCUT2D eigenvalue weighted by atomic mass is 16.5. The van der Waals surface area contributed by atoms with Crippen molar-refractivity contribution in [2.75, 3.05) is 0 Å². The second-order valence-corrected chi connectivity index (χ2v) is 10.3. The van der Waals surface area contributed by atoms with Crippen LogP contribution in [0.15, 0.2) is 79.4 Å². The van der Waals surface area contributed by atoms with Gasteiger partial charge in [0.05, 0.1) is 6.04 Å². The van der Waals surface area contributed by atoms with Gasteiger partial charge in [0.15, 0.2) is 6.10 Å². The molecule has 39 heavy (non-hydrogen) atoms. The normalized spacial score (nSPS) is 12.8. The highest BCUT2D eigenvalue weighted by Gasteiger charge is 2.18. The van der Waals surface area contributed by atoms with Crippen LogP contribution in [-0.4, -0.2) is 27.7 Å². The number of rotatable bonds is 10. The van der Waals surface area contributed by atoms with Crippen LogP contribution in [0.5, 0.6) is 5.75 Å². The van der Waals surface area contributed by atoms with Crippen molar-refractivity contribution in [1.82, 2.24) is 9.88 Å². The average Bonchev–Trinajstić information content (AvgIpc) is 3.16. The third kappa shape index (κ3) is 6.06. The van der Waals surface area contributed by atoms with Crippen LogP contribution >= 0.6 is 0 Å². The lowest BCUT2D eigenvalue weighted by molar-refractivity contribution is -0.144. The van der Waals surface area contributed by atoms with Crippen LogP contribution in [0.1, 0.15) is 71.0 Å². The molecule has 6 heteroatoms. The third-order valence-electron chi connectivity index (χ3n) is 7.28. The molecule has 1 amide bonds. The fourth-order valence-corrected chi connectivity index (χ4v) is 4.72. The van der Waals surface area contributed by atoms with E-state index in [0.29, 0.717) is 23.8 Å². The van der Waals surface area contributed by atoms with E-state index in [1.165, 1.54) is 12.5 Å². The number of carbonyl (C=O) groups is 2. The van der Waals surface area contributed by atoms with Gasteiger partial charge in [0.1, 0.15) is 5.75 Å². The maximum absolute atomic E-state index is 13.3. The van der Waals surface area contributed by atoms with Crippen molar-refractivity contribution in [2.24, 2.45) is 0 Å². The number of aliphatic carboxylic acids is 1. The van der Waals surface area contributed by atoms with Crippen LogP contribution in [-0.2, 0) is 11.3 Å². The third-order valence-corrected chi connectivity index (χ3v) is 7.28. The topological polar surface area (TPSA) is 80.6 Å². The number of benzene rings is 3. The van der Waals surface area contributed by atoms with E-state index in [1.807, 2.05) is 42.5 Å². The molecule has 4 aromatic rings. The van der Waals surface area contributed by atoms with Crippen molar-refractivity contribution in [1.29, 1.82) is 0 Å². The van der Waals surface area contributed by atoms with E-state index in [4.69, 9.17) is 9.84 Å². The number of carbonyl (C=O) groups excluding carboxylic acids is 1. The van der Waals surface area contributed by atoms with Crippen molar-refractivity contribution in [3.8, 4) is 5.75 Å². The Hall–Kier alpha value is -4.32. The summed E-state index contributed by atoms with van der Waals surface area (Å²) in [5.41, 5.74) is 7.19. The van der Waals surface area contributed by atoms with E-state index in [-0.39, 0.29) is 11.9 Å². The van der Waals surface area contributed by atoms with Crippen LogP contribution < -0.4 is 10.1 Å². The number of hydrogen-bond acceptors (Lipinski definition) is 3. The summed E-state index contributed by atoms with van der Waals surface area (Å²) in [7, 11) is 0. The van der Waals surface area contributed by atoms with Gasteiger partial charge in [-0.25, -0.2) is 4.79 Å². The molecule has 6 nitrogen and oxygen atoms in total. The molecule has 1 aromatic heterocycles. The summed E-state index contributed by atoms with van der Waals surface area (Å²) < 4.78 is 7.67. The number of carboxylic acid groups (broad SMARTS) is 1. The van der Waals surface area contributed by atoms with E-state index in [2.05, 4.69) is 56.3 Å². The van der Waals surface area contributed by atoms with Gasteiger partial charge < -0.3 is 19.7 Å². The summed E-state index contributed by atoms with van der Waals surface area (Å²) in [5, 5.41) is 13.2. The second-order valence-electron chi connectivity index (χ2n) is 10.3. The number of nitrogens with zero attached hydrogens (tertiary/aromatic N) is 1. The Kier molecular flexibility index (Phi) is 8.24. The summed E-state index contributed by atoms with van der Waals surface area (Å²) in [5.74, 6) is -0.232. The molecule has 2 N–H and O–H groups in total. The Morgan fingerprint density at radius 1 is 1.00 bits per heavy atom. The first-order valence-corrected chi connectivity index (χ1v) is 13.2. The Morgan fingerprint density at radius 3 is 2.33 bits per heavy atom. The molecule has 3 aromatic carbocycles. The molecule has 0 aliphatic carbocycles. The predicted molar refractivity (Wildman–Crippen MR) is 156 cm³/mol. The fraction of sp³-hybridized carbons (Fsp3) is 0.273. The number of fused-ring (bicyclic) bond motifs is 1. The summed E-state index contributed by atoms with van der Waals surface area (Å²) in [6, 6.07) is 21.2. The molecule has 0 radical (unpaired) electrons. The quantitative estimate of drug-likeness (QED) is 0.220. The molecule has 4 rings (SSSR count). The molecule has 0 aliphatic rings. The number of aryl methyl sites for hydroxylation is 1. The van der Waals surface area contributed by atoms with Gasteiger partial charge >= 0.3 is 5.97 Å². The maximum atomic E-state index is 13.3. The van der Waals surface area contributed by atoms with Crippen LogP contribution in [0.2, 0.25) is 0 Å². The Bertz CT molecular complexity index is 1510. The maximum Gasteiger partial charge on any atom is 0.344 e. The Balaban J connectivity index is 1.55. The number of amides is 1. The van der Waals surface area contributed by atoms with Crippen LogP contribution in [0.3, 0.4) is 0 Å². The van der Waals surface area contributed by atoms with Crippen molar-refractivity contribution in [2.45, 2.75) is 59.2 Å². The summed E-state index contributed by atoms with van der Waals surface area (Å²) in [6.07, 6.45) is 0.855. The van der Waals surface area contributed by atoms with Gasteiger partial charge in [0.2, 0.25) is 0 Å². The number of nitrogens with one attached hydrogen (secondary N) is 1. The largest absolute Gasteiger partial charge is 0.479 e. The monoisotopic (exact) mass is 524 g/mol. The molecule has 0 saturated carbocycles. The zero-order valence-corrected chi connectivity index (χ0v) is 23.2. The molecular formula is C33H36N2O4. The van der Waals surface area contributed by atoms with Crippen LogP contribution in [0, 0.1) is 13.8 Å². The molecule has 0 fully saturated rings. The van der Waals surface area contributed by atoms with Crippen LogP contribution in [0.4, 0.5) is 0 Å². The minimum atomic E-state index is -1.00. The van der Waals surface area contributed by atoms with Gasteiger partial charge in [-0.1, -0.05) is 56.3 Å². The smallest absolute Gasteiger partial charge is 0.344 e. The molecule has 0 unspecified atom stereocenters. The molecule has 0 saturated heterocycles. The molecule has 0 aliphatic heterocycles. The van der Waals surface area contributed by atoms with E-state index in [1.54, 1.807) is 18.2 Å². The number of aromatic nitrogens is 1. The predicted octanol–water partition coefficient (Wildman–Crippen LogP) is 6.94. The van der Waals surface area contributed by atoms with E-state index >= 15 is 0 Å². The lowest BCUT2D eigenvalue weighted by Crippen LogP contribution is -2.27. The van der Waals surface area contributed by atoms with E-state index in [0.717, 1.165) is 33.3 Å². The lowest BCUT2D eigenvalue weighted by atomic mass is 9.97. The zero-order valence-electron chi connectivity index (χ0n) is 23.2. The fourth-order valence-electron chi connectivity index (χ4n) is 4.72. The number of carboxylic acids is 1. The highest BCUT2D eigenvalue weighted by molar-refractivity contribution is 5.99. The van der Waals surface area contributed by atoms with Crippen molar-refractivity contribution in [3.63, 3.8) is 0 Å². The number of hydrogen-bond donors (Lipinski definition) is 2. The van der Waals surface area contributed by atoms with E-state index < -0.39 is 12.1 Å². The standard InChI is InChI=1S/C33H36N2O4/c1-7-30(26-10-8-9-25(17-26)20(2)3)34-32(36)27-13-16-31-29(18-27)21(4)22(5)35(31)19-24-11-14-28(15-12-24)39-23(6)33(37)38/h7-18,20,23,30H,1,19H2,2-6H3,(H,34,36)(H,37,38)/t23-,30-/m0/s1. The van der Waals surface area contributed by atoms with Crippen molar-refractivity contribution < 1.29 is 19.4 Å². The molecule has 202 valence electrons. The number of ether oxygens (including phenoxy) is 1. The van der Waals surface area contributed by atoms with Gasteiger partial charge in [-0.2, -0.15) is 0 Å². The van der Waals surface area contributed by atoms with Crippen LogP contribution in [0.25, 0.3) is 10.9 Å². The second kappa shape index (κ2) is 11.6. The van der Waals surface area contributed by atoms with Gasteiger partial charge in [0.25, 0.3) is 5.91 Å². The molecule has 2 atom stereocenters. The minimum Gasteiger partial charge on any atom is -0.479 e. The molecular weight excluding hydrogens is 488 g/mol. The summed E-state index contributed by atoms with van der Waals surface area (Å²) in [4.78, 5) is 24.3. The lowest BCUT2D eigenvalue weighted by Gasteiger charge is -2.17. The molecule has 0 spiro atoms. The van der Waals surface area contributed by atoms with Gasteiger partial charge in [-0.3, -0.25) is 4.79 Å². The Labute approximate surface area is 229 Å². The first-order valence-electron chi connectivity index (χ1n) is 13.2. The Morgan fingerprint density at radius 2 is 1.69 bits per heavy atom. The van der Waals surface area contributed by atoms with Gasteiger partial charge in [0, 0.05) is 28.7 Å². The first-order chi connectivity index (χ1) is 18.6. The molecule has 1 heterocycles. The summed E-state index contributed by atoms with van der Waals surface area (Å²) in [6.45, 7) is 14.6. The summed E-state index contributed by atoms with van der Waals surface area (Å²) >= 11 is 0. The SMILES string of the molecule is C=C[C@H](NC(=O)c1ccc2c(c1)c(C)c(C)n2Cc1ccc(O[C@@H](C)C(=O)O)cc1)c1cccc(C(C)C)c1. The average molecular weight is 525 g/mol. The minimum absolute atomic E-state index is 0.146. The first kappa shape index (κ1) is 27.7. The zero-order chi connectivity index (χ0) is 28.3. The van der Waals surface area contributed by atoms with Gasteiger partial charge in [-0.05, 0) is 79.3 Å². The molecule has 0 bridgehead atoms. The van der Waals surface area contributed by atoms with E-state index in [9.17, 15) is 9.59 Å². The van der Waals surface area contributed by atoms with Crippen molar-refractivity contribution in [3.05, 3.63) is 113 Å².